The topological polar surface area (TPSA) is 80.1 Å². The normalized spacial score (nSPS) is 34.6. The predicted octanol–water partition coefficient (Wildman–Crippen LogP) is 1.51. The number of nitrogens with two attached hydrogens (primary N) is 1. The standard InChI is InChI=1S/C15H27N5O/c1-9-10(2)21-11(3)13(9)14-17-15(19-18-14)20-6-4-12(8-16)5-7-20/h9-13H,4-8,16H2,1-3H3,(H,17,18,19). The molecule has 118 valence electrons. The lowest BCUT2D eigenvalue weighted by Gasteiger charge is -2.30. The minimum absolute atomic E-state index is 0.193. The summed E-state index contributed by atoms with van der Waals surface area (Å²) in [6.07, 6.45) is 2.74. The van der Waals surface area contributed by atoms with Gasteiger partial charge < -0.3 is 15.4 Å². The van der Waals surface area contributed by atoms with E-state index in [-0.39, 0.29) is 12.2 Å². The molecule has 6 nitrogen and oxygen atoms in total. The summed E-state index contributed by atoms with van der Waals surface area (Å²) >= 11 is 0. The van der Waals surface area contributed by atoms with Crippen LogP contribution in [0.15, 0.2) is 0 Å². The van der Waals surface area contributed by atoms with Gasteiger partial charge in [-0.1, -0.05) is 6.92 Å². The van der Waals surface area contributed by atoms with Crippen LogP contribution in [0.25, 0.3) is 0 Å². The van der Waals surface area contributed by atoms with Crippen molar-refractivity contribution in [2.24, 2.45) is 17.6 Å². The fraction of sp³-hybridized carbons (Fsp3) is 0.867. The first-order valence-corrected chi connectivity index (χ1v) is 8.13. The summed E-state index contributed by atoms with van der Waals surface area (Å²) < 4.78 is 5.91. The fourth-order valence-electron chi connectivity index (χ4n) is 3.66. The number of anilines is 1. The first-order chi connectivity index (χ1) is 10.1. The zero-order valence-corrected chi connectivity index (χ0v) is 13.2. The SMILES string of the molecule is CC1OC(C)C(c2nc(N3CCC(CN)CC3)n[nH]2)C1C. The molecule has 3 N–H and O–H groups in total. The summed E-state index contributed by atoms with van der Waals surface area (Å²) in [7, 11) is 0. The number of rotatable bonds is 3. The summed E-state index contributed by atoms with van der Waals surface area (Å²) in [6.45, 7) is 9.28. The number of hydrogen-bond donors (Lipinski definition) is 2. The lowest BCUT2D eigenvalue weighted by atomic mass is 9.89. The molecule has 1 aromatic heterocycles. The largest absolute Gasteiger partial charge is 0.374 e. The number of aromatic amines is 1. The molecule has 4 atom stereocenters. The van der Waals surface area contributed by atoms with Crippen molar-refractivity contribution < 1.29 is 4.74 Å². The molecule has 0 aliphatic carbocycles. The minimum atomic E-state index is 0.193. The molecule has 0 saturated carbocycles. The van der Waals surface area contributed by atoms with Crippen molar-refractivity contribution >= 4 is 5.95 Å². The van der Waals surface area contributed by atoms with Crippen LogP contribution < -0.4 is 10.6 Å². The van der Waals surface area contributed by atoms with E-state index in [0.717, 1.165) is 44.2 Å². The van der Waals surface area contributed by atoms with Crippen LogP contribution in [0.4, 0.5) is 5.95 Å². The molecule has 6 heteroatoms. The molecule has 0 spiro atoms. The van der Waals surface area contributed by atoms with Gasteiger partial charge in [0, 0.05) is 19.0 Å². The molecular formula is C15H27N5O. The number of nitrogens with zero attached hydrogens (tertiary/aromatic N) is 3. The number of hydrogen-bond acceptors (Lipinski definition) is 5. The van der Waals surface area contributed by atoms with E-state index in [1.165, 1.54) is 0 Å². The molecule has 0 bridgehead atoms. The fourth-order valence-corrected chi connectivity index (χ4v) is 3.66. The van der Waals surface area contributed by atoms with Crippen molar-refractivity contribution in [2.75, 3.05) is 24.5 Å². The van der Waals surface area contributed by atoms with E-state index in [2.05, 4.69) is 35.9 Å². The first kappa shape index (κ1) is 14.8. The molecule has 3 rings (SSSR count). The van der Waals surface area contributed by atoms with E-state index in [1.54, 1.807) is 0 Å². The number of aromatic nitrogens is 3. The smallest absolute Gasteiger partial charge is 0.244 e. The quantitative estimate of drug-likeness (QED) is 0.883. The predicted molar refractivity (Wildman–Crippen MR) is 82.3 cm³/mol. The second-order valence-electron chi connectivity index (χ2n) is 6.62. The second kappa shape index (κ2) is 5.93. The zero-order chi connectivity index (χ0) is 15.0. The Balaban J connectivity index is 1.69. The van der Waals surface area contributed by atoms with E-state index in [4.69, 9.17) is 15.5 Å². The molecule has 0 radical (unpaired) electrons. The second-order valence-corrected chi connectivity index (χ2v) is 6.62. The summed E-state index contributed by atoms with van der Waals surface area (Å²) in [6, 6.07) is 0. The van der Waals surface area contributed by atoms with E-state index in [1.807, 2.05) is 0 Å². The minimum Gasteiger partial charge on any atom is -0.374 e. The molecule has 0 amide bonds. The van der Waals surface area contributed by atoms with Gasteiger partial charge in [0.2, 0.25) is 5.95 Å². The Morgan fingerprint density at radius 3 is 2.52 bits per heavy atom. The summed E-state index contributed by atoms with van der Waals surface area (Å²) in [5.41, 5.74) is 5.75. The van der Waals surface area contributed by atoms with Crippen LogP contribution in [0, 0.1) is 11.8 Å². The van der Waals surface area contributed by atoms with Crippen LogP contribution in [0.2, 0.25) is 0 Å². The van der Waals surface area contributed by atoms with Gasteiger partial charge in [-0.3, -0.25) is 5.10 Å². The highest BCUT2D eigenvalue weighted by Gasteiger charge is 2.40. The van der Waals surface area contributed by atoms with Gasteiger partial charge in [-0.25, -0.2) is 0 Å². The van der Waals surface area contributed by atoms with E-state index in [9.17, 15) is 0 Å². The molecule has 4 unspecified atom stereocenters. The van der Waals surface area contributed by atoms with Crippen molar-refractivity contribution in [1.29, 1.82) is 0 Å². The third kappa shape index (κ3) is 2.79. The van der Waals surface area contributed by atoms with Gasteiger partial charge in [0.1, 0.15) is 5.82 Å². The zero-order valence-electron chi connectivity index (χ0n) is 13.2. The van der Waals surface area contributed by atoms with Crippen molar-refractivity contribution in [2.45, 2.75) is 51.7 Å². The maximum Gasteiger partial charge on any atom is 0.244 e. The van der Waals surface area contributed by atoms with E-state index >= 15 is 0 Å². The number of ether oxygens (including phenoxy) is 1. The molecule has 3 heterocycles. The van der Waals surface area contributed by atoms with E-state index < -0.39 is 0 Å². The number of nitrogens with one attached hydrogen (secondary N) is 1. The first-order valence-electron chi connectivity index (χ1n) is 8.13. The molecule has 21 heavy (non-hydrogen) atoms. The molecule has 2 aliphatic rings. The molecular weight excluding hydrogens is 266 g/mol. The Bertz CT molecular complexity index is 468. The third-order valence-electron chi connectivity index (χ3n) is 5.28. The van der Waals surface area contributed by atoms with Crippen LogP contribution in [-0.4, -0.2) is 47.0 Å². The Kier molecular flexibility index (Phi) is 4.17. The van der Waals surface area contributed by atoms with Crippen LogP contribution in [0.5, 0.6) is 0 Å². The maximum atomic E-state index is 5.91. The third-order valence-corrected chi connectivity index (χ3v) is 5.28. The monoisotopic (exact) mass is 293 g/mol. The average Bonchev–Trinajstić information content (AvgIpc) is 3.05. The lowest BCUT2D eigenvalue weighted by molar-refractivity contribution is 0.0553. The van der Waals surface area contributed by atoms with Crippen LogP contribution in [0.1, 0.15) is 45.4 Å². The van der Waals surface area contributed by atoms with Gasteiger partial charge in [-0.05, 0) is 45.1 Å². The van der Waals surface area contributed by atoms with Crippen LogP contribution >= 0.6 is 0 Å². The Morgan fingerprint density at radius 2 is 1.95 bits per heavy atom. The molecule has 0 aromatic carbocycles. The number of H-pyrrole nitrogens is 1. The molecule has 2 fully saturated rings. The molecule has 2 aliphatic heterocycles. The summed E-state index contributed by atoms with van der Waals surface area (Å²) in [4.78, 5) is 7.01. The Labute approximate surface area is 126 Å². The van der Waals surface area contributed by atoms with Gasteiger partial charge in [-0.15, -0.1) is 5.10 Å². The molecule has 1 aromatic rings. The summed E-state index contributed by atoms with van der Waals surface area (Å²) in [5.74, 6) is 3.23. The Morgan fingerprint density at radius 1 is 1.24 bits per heavy atom. The highest BCUT2D eigenvalue weighted by atomic mass is 16.5. The van der Waals surface area contributed by atoms with Crippen molar-refractivity contribution in [3.63, 3.8) is 0 Å². The average molecular weight is 293 g/mol. The van der Waals surface area contributed by atoms with Gasteiger partial charge in [-0.2, -0.15) is 4.98 Å². The van der Waals surface area contributed by atoms with Crippen molar-refractivity contribution in [3.8, 4) is 0 Å². The van der Waals surface area contributed by atoms with E-state index in [0.29, 0.717) is 17.8 Å². The highest BCUT2D eigenvalue weighted by Crippen LogP contribution is 2.38. The summed E-state index contributed by atoms with van der Waals surface area (Å²) in [5, 5.41) is 7.58. The van der Waals surface area contributed by atoms with Gasteiger partial charge in [0.05, 0.1) is 12.2 Å². The number of piperidine rings is 1. The highest BCUT2D eigenvalue weighted by molar-refractivity contribution is 5.30. The molecule has 2 saturated heterocycles. The van der Waals surface area contributed by atoms with Gasteiger partial charge in [0.25, 0.3) is 0 Å². The van der Waals surface area contributed by atoms with Crippen molar-refractivity contribution in [1.82, 2.24) is 15.2 Å². The van der Waals surface area contributed by atoms with Gasteiger partial charge in [0.15, 0.2) is 0 Å². The van der Waals surface area contributed by atoms with Crippen LogP contribution in [0.3, 0.4) is 0 Å². The van der Waals surface area contributed by atoms with Gasteiger partial charge >= 0.3 is 0 Å². The van der Waals surface area contributed by atoms with Crippen molar-refractivity contribution in [3.05, 3.63) is 5.82 Å². The maximum absolute atomic E-state index is 5.91. The lowest BCUT2D eigenvalue weighted by Crippen LogP contribution is -2.36. The van der Waals surface area contributed by atoms with Crippen LogP contribution in [-0.2, 0) is 4.74 Å². The Hall–Kier alpha value is -1.14.